The van der Waals surface area contributed by atoms with Gasteiger partial charge >= 0.3 is 0 Å². The van der Waals surface area contributed by atoms with Crippen molar-refractivity contribution in [2.75, 3.05) is 13.2 Å². The summed E-state index contributed by atoms with van der Waals surface area (Å²) in [6, 6.07) is 9.99. The highest BCUT2D eigenvalue weighted by Gasteiger charge is 2.28. The van der Waals surface area contributed by atoms with Crippen molar-refractivity contribution in [1.82, 2.24) is 24.5 Å². The highest BCUT2D eigenvalue weighted by atomic mass is 16.5. The summed E-state index contributed by atoms with van der Waals surface area (Å²) in [5, 5.41) is 8.57. The van der Waals surface area contributed by atoms with Crippen LogP contribution in [0.15, 0.2) is 35.1 Å². The van der Waals surface area contributed by atoms with Crippen LogP contribution >= 0.6 is 0 Å². The molecule has 168 valence electrons. The smallest absolute Gasteiger partial charge is 0.294 e. The zero-order valence-electron chi connectivity index (χ0n) is 18.7. The molecule has 2 aliphatic rings. The summed E-state index contributed by atoms with van der Waals surface area (Å²) in [6.07, 6.45) is 1.66. The third-order valence-corrected chi connectivity index (χ3v) is 7.04. The Morgan fingerprint density at radius 2 is 1.91 bits per heavy atom. The number of aromatic amines is 1. The summed E-state index contributed by atoms with van der Waals surface area (Å²) in [5.74, 6) is 0.913. The molecule has 4 heterocycles. The van der Waals surface area contributed by atoms with Gasteiger partial charge in [-0.1, -0.05) is 18.2 Å². The van der Waals surface area contributed by atoms with Gasteiger partial charge in [-0.05, 0) is 61.1 Å². The van der Waals surface area contributed by atoms with E-state index in [1.807, 2.05) is 34.4 Å². The quantitative estimate of drug-likeness (QED) is 0.514. The molecule has 0 radical (unpaired) electrons. The second kappa shape index (κ2) is 7.52. The van der Waals surface area contributed by atoms with Crippen LogP contribution in [0.3, 0.4) is 0 Å². The van der Waals surface area contributed by atoms with E-state index in [1.165, 1.54) is 16.7 Å². The van der Waals surface area contributed by atoms with E-state index in [4.69, 9.17) is 4.74 Å². The molecule has 0 unspecified atom stereocenters. The summed E-state index contributed by atoms with van der Waals surface area (Å²) in [6.45, 7) is 6.55. The van der Waals surface area contributed by atoms with Crippen LogP contribution in [0.25, 0.3) is 16.7 Å². The van der Waals surface area contributed by atoms with Crippen LogP contribution in [0, 0.1) is 13.8 Å². The lowest BCUT2D eigenvalue weighted by Gasteiger charge is -2.21. The Bertz CT molecular complexity index is 1480. The van der Waals surface area contributed by atoms with Gasteiger partial charge in [-0.15, -0.1) is 10.2 Å². The summed E-state index contributed by atoms with van der Waals surface area (Å²) in [7, 11) is 0. The highest BCUT2D eigenvalue weighted by Crippen LogP contribution is 2.30. The van der Waals surface area contributed by atoms with E-state index in [0.29, 0.717) is 37.4 Å². The van der Waals surface area contributed by atoms with Crippen molar-refractivity contribution < 1.29 is 9.53 Å². The lowest BCUT2D eigenvalue weighted by Crippen LogP contribution is -2.26. The summed E-state index contributed by atoms with van der Waals surface area (Å²) < 4.78 is 7.34. The Labute approximate surface area is 190 Å². The Kier molecular flexibility index (Phi) is 4.58. The Hall–Kier alpha value is -3.52. The van der Waals surface area contributed by atoms with Crippen LogP contribution in [0.5, 0.6) is 0 Å². The second-order valence-electron chi connectivity index (χ2n) is 9.12. The van der Waals surface area contributed by atoms with Gasteiger partial charge in [0.25, 0.3) is 11.5 Å². The second-order valence-corrected chi connectivity index (χ2v) is 9.12. The molecule has 0 aliphatic carbocycles. The van der Waals surface area contributed by atoms with Crippen molar-refractivity contribution in [1.29, 1.82) is 0 Å². The van der Waals surface area contributed by atoms with Gasteiger partial charge in [-0.3, -0.25) is 14.0 Å². The lowest BCUT2D eigenvalue weighted by molar-refractivity contribution is 0.0750. The first-order valence-corrected chi connectivity index (χ1v) is 11.4. The van der Waals surface area contributed by atoms with Crippen LogP contribution in [0.2, 0.25) is 0 Å². The molecule has 0 atom stereocenters. The van der Waals surface area contributed by atoms with Crippen LogP contribution in [-0.4, -0.2) is 43.6 Å². The number of aryl methyl sites for hydroxylation is 2. The number of nitrogens with one attached hydrogen (secondary N) is 1. The van der Waals surface area contributed by atoms with Gasteiger partial charge in [0.2, 0.25) is 5.65 Å². The monoisotopic (exact) mass is 443 g/mol. The number of carbonyl (C=O) groups is 1. The number of aromatic nitrogens is 4. The molecule has 1 fully saturated rings. The average Bonchev–Trinajstić information content (AvgIpc) is 3.45. The fourth-order valence-electron chi connectivity index (χ4n) is 5.20. The standard InChI is InChI=1S/C25H25N5O3/c1-14-4-3-5-17-12-29(13-19(14)17)25(32)18-11-21-20(10-15(18)2)26-24(31)23-28-27-22(30(21)23)16-6-8-33-9-7-16/h3-5,10-11,16H,6-9,12-13H2,1-2H3,(H,26,31). The Morgan fingerprint density at radius 3 is 2.70 bits per heavy atom. The van der Waals surface area contributed by atoms with Gasteiger partial charge in [0.05, 0.1) is 11.0 Å². The van der Waals surface area contributed by atoms with Crippen molar-refractivity contribution >= 4 is 22.6 Å². The molecule has 0 saturated carbocycles. The van der Waals surface area contributed by atoms with E-state index in [1.54, 1.807) is 0 Å². The number of H-pyrrole nitrogens is 1. The number of hydrogen-bond donors (Lipinski definition) is 1. The minimum absolute atomic E-state index is 0.00922. The molecule has 4 aromatic rings. The summed E-state index contributed by atoms with van der Waals surface area (Å²) >= 11 is 0. The Balaban J connectivity index is 1.48. The number of carbonyl (C=O) groups excluding carboxylic acids is 1. The number of benzene rings is 2. The van der Waals surface area contributed by atoms with E-state index in [-0.39, 0.29) is 23.0 Å². The molecular weight excluding hydrogens is 418 g/mol. The first-order chi connectivity index (χ1) is 16.0. The number of fused-ring (bicyclic) bond motifs is 4. The maximum Gasteiger partial charge on any atom is 0.294 e. The van der Waals surface area contributed by atoms with Crippen molar-refractivity contribution in [2.24, 2.45) is 0 Å². The molecule has 1 N–H and O–H groups in total. The molecule has 1 amide bonds. The van der Waals surface area contributed by atoms with E-state index < -0.39 is 0 Å². The lowest BCUT2D eigenvalue weighted by atomic mass is 9.99. The van der Waals surface area contributed by atoms with E-state index in [2.05, 4.69) is 34.2 Å². The Morgan fingerprint density at radius 1 is 1.09 bits per heavy atom. The molecule has 8 nitrogen and oxygen atoms in total. The van der Waals surface area contributed by atoms with Gasteiger partial charge in [-0.2, -0.15) is 0 Å². The van der Waals surface area contributed by atoms with Crippen molar-refractivity contribution in [2.45, 2.75) is 45.7 Å². The topological polar surface area (TPSA) is 92.6 Å². The average molecular weight is 444 g/mol. The van der Waals surface area contributed by atoms with Crippen molar-refractivity contribution in [3.8, 4) is 0 Å². The van der Waals surface area contributed by atoms with Crippen molar-refractivity contribution in [3.05, 3.63) is 74.3 Å². The maximum absolute atomic E-state index is 13.6. The first kappa shape index (κ1) is 20.1. The summed E-state index contributed by atoms with van der Waals surface area (Å²) in [5.41, 5.74) is 6.51. The molecule has 33 heavy (non-hydrogen) atoms. The molecule has 6 rings (SSSR count). The SMILES string of the molecule is Cc1cc2[nH]c(=O)c3nnc(C4CCOCC4)n3c2cc1C(=O)N1Cc2cccc(C)c2C1. The molecule has 2 aromatic heterocycles. The molecule has 1 saturated heterocycles. The van der Waals surface area contributed by atoms with Crippen LogP contribution in [0.1, 0.15) is 57.2 Å². The minimum atomic E-state index is -0.280. The third kappa shape index (κ3) is 3.16. The van der Waals surface area contributed by atoms with Crippen molar-refractivity contribution in [3.63, 3.8) is 0 Å². The molecule has 0 spiro atoms. The molecule has 2 aromatic carbocycles. The number of nitrogens with zero attached hydrogens (tertiary/aromatic N) is 4. The fourth-order valence-corrected chi connectivity index (χ4v) is 5.20. The number of hydrogen-bond acceptors (Lipinski definition) is 5. The minimum Gasteiger partial charge on any atom is -0.381 e. The normalized spacial score (nSPS) is 16.6. The van der Waals surface area contributed by atoms with Gasteiger partial charge in [-0.25, -0.2) is 0 Å². The number of amides is 1. The van der Waals surface area contributed by atoms with E-state index in [9.17, 15) is 9.59 Å². The van der Waals surface area contributed by atoms with Gasteiger partial charge in [0.15, 0.2) is 0 Å². The zero-order chi connectivity index (χ0) is 22.7. The maximum atomic E-state index is 13.6. The van der Waals surface area contributed by atoms with Gasteiger partial charge in [0.1, 0.15) is 5.82 Å². The predicted octanol–water partition coefficient (Wildman–Crippen LogP) is 3.24. The van der Waals surface area contributed by atoms with Gasteiger partial charge < -0.3 is 14.6 Å². The van der Waals surface area contributed by atoms with Gasteiger partial charge in [0, 0.05) is 37.8 Å². The predicted molar refractivity (Wildman–Crippen MR) is 123 cm³/mol. The molecule has 8 heteroatoms. The highest BCUT2D eigenvalue weighted by molar-refractivity contribution is 5.99. The van der Waals surface area contributed by atoms with Crippen LogP contribution < -0.4 is 5.56 Å². The third-order valence-electron chi connectivity index (χ3n) is 7.04. The molecular formula is C25H25N5O3. The molecule has 2 aliphatic heterocycles. The van der Waals surface area contributed by atoms with E-state index >= 15 is 0 Å². The number of ether oxygens (including phenoxy) is 1. The first-order valence-electron chi connectivity index (χ1n) is 11.4. The zero-order valence-corrected chi connectivity index (χ0v) is 18.7. The number of rotatable bonds is 2. The largest absolute Gasteiger partial charge is 0.381 e. The van der Waals surface area contributed by atoms with E-state index in [0.717, 1.165) is 29.7 Å². The van der Waals surface area contributed by atoms with Crippen LogP contribution in [0.4, 0.5) is 0 Å². The fraction of sp³-hybridized carbons (Fsp3) is 0.360. The molecule has 0 bridgehead atoms. The summed E-state index contributed by atoms with van der Waals surface area (Å²) in [4.78, 5) is 31.1. The van der Waals surface area contributed by atoms with Crippen LogP contribution in [-0.2, 0) is 17.8 Å².